The van der Waals surface area contributed by atoms with Gasteiger partial charge in [0.2, 0.25) is 5.91 Å². The molecule has 3 aliphatic rings. The minimum atomic E-state index is -0.842. The smallest absolute Gasteiger partial charge is 0.261 e. The Morgan fingerprint density at radius 3 is 2.76 bits per heavy atom. The van der Waals surface area contributed by atoms with E-state index in [9.17, 15) is 14.0 Å². The molecule has 7 heteroatoms. The summed E-state index contributed by atoms with van der Waals surface area (Å²) in [6.45, 7) is 0.781. The van der Waals surface area contributed by atoms with Crippen molar-refractivity contribution in [2.75, 3.05) is 20.3 Å². The molecule has 2 amide bonds. The lowest BCUT2D eigenvalue weighted by Gasteiger charge is -2.33. The highest BCUT2D eigenvalue weighted by atomic mass is 19.1. The number of rotatable bonds is 3. The number of carbonyl (C=O) groups is 2. The minimum Gasteiger partial charge on any atom is -0.496 e. The van der Waals surface area contributed by atoms with Crippen LogP contribution in [0.4, 0.5) is 4.39 Å². The molecule has 3 fully saturated rings. The molecule has 3 atom stereocenters. The van der Waals surface area contributed by atoms with Crippen LogP contribution in [0.3, 0.4) is 0 Å². The fraction of sp³-hybridized carbons (Fsp3) is 0.364. The summed E-state index contributed by atoms with van der Waals surface area (Å²) in [6.07, 6.45) is 0.682. The van der Waals surface area contributed by atoms with Crippen molar-refractivity contribution in [3.8, 4) is 5.75 Å². The van der Waals surface area contributed by atoms with Crippen LogP contribution in [0.2, 0.25) is 0 Å². The van der Waals surface area contributed by atoms with Crippen molar-refractivity contribution in [1.82, 2.24) is 9.80 Å². The maximum atomic E-state index is 14.5. The second kappa shape index (κ2) is 6.56. The Kier molecular flexibility index (Phi) is 4.10. The lowest BCUT2D eigenvalue weighted by molar-refractivity contribution is -0.138. The quantitative estimate of drug-likeness (QED) is 0.801. The van der Waals surface area contributed by atoms with Crippen molar-refractivity contribution in [3.05, 3.63) is 65.5 Å². The molecule has 0 aromatic heterocycles. The van der Waals surface area contributed by atoms with E-state index in [4.69, 9.17) is 9.47 Å². The van der Waals surface area contributed by atoms with Crippen LogP contribution in [0.1, 0.15) is 34.8 Å². The van der Waals surface area contributed by atoms with Gasteiger partial charge in [-0.15, -0.1) is 0 Å². The van der Waals surface area contributed by atoms with Gasteiger partial charge in [0.1, 0.15) is 17.1 Å². The first-order chi connectivity index (χ1) is 14.1. The fourth-order valence-electron chi connectivity index (χ4n) is 5.03. The maximum Gasteiger partial charge on any atom is 0.261 e. The molecule has 3 aliphatic heterocycles. The van der Waals surface area contributed by atoms with Crippen LogP contribution >= 0.6 is 0 Å². The van der Waals surface area contributed by atoms with Gasteiger partial charge < -0.3 is 19.3 Å². The Hall–Kier alpha value is -2.93. The average Bonchev–Trinajstić information content (AvgIpc) is 3.37. The van der Waals surface area contributed by atoms with Gasteiger partial charge in [-0.3, -0.25) is 9.59 Å². The minimum absolute atomic E-state index is 0.0423. The molecular weight excluding hydrogens is 375 g/mol. The maximum absolute atomic E-state index is 14.5. The van der Waals surface area contributed by atoms with E-state index < -0.39 is 23.5 Å². The van der Waals surface area contributed by atoms with Gasteiger partial charge in [-0.25, -0.2) is 4.39 Å². The Morgan fingerprint density at radius 2 is 2.00 bits per heavy atom. The summed E-state index contributed by atoms with van der Waals surface area (Å²) in [5.74, 6) is -0.958. The number of likely N-dealkylation sites (tertiary alicyclic amines) is 1. The van der Waals surface area contributed by atoms with E-state index in [1.165, 1.54) is 19.2 Å². The van der Waals surface area contributed by atoms with Crippen molar-refractivity contribution in [1.29, 1.82) is 0 Å². The van der Waals surface area contributed by atoms with Crippen LogP contribution in [-0.2, 0) is 9.53 Å². The summed E-state index contributed by atoms with van der Waals surface area (Å²) >= 11 is 0. The van der Waals surface area contributed by atoms with E-state index in [1.807, 2.05) is 30.3 Å². The molecule has 1 spiro atoms. The standard InChI is InChI=1S/C22H21FN2O4/c1-28-17-9-5-8-15(23)20(17)21(27)24-11-10-22-18(24)12-19(26)25(22)16(13-29-22)14-6-3-2-4-7-14/h2-9,16,18H,10-13H2,1H3/t16-,18+,22-/m0/s1. The summed E-state index contributed by atoms with van der Waals surface area (Å²) in [5.41, 5.74) is 0.0700. The first-order valence-corrected chi connectivity index (χ1v) is 9.71. The van der Waals surface area contributed by atoms with E-state index in [0.717, 1.165) is 5.56 Å². The van der Waals surface area contributed by atoms with Gasteiger partial charge in [0.15, 0.2) is 5.72 Å². The number of hydrogen-bond acceptors (Lipinski definition) is 4. The molecule has 0 N–H and O–H groups in total. The number of methoxy groups -OCH3 is 1. The second-order valence-corrected chi connectivity index (χ2v) is 7.63. The third kappa shape index (κ3) is 2.50. The van der Waals surface area contributed by atoms with E-state index in [-0.39, 0.29) is 29.7 Å². The van der Waals surface area contributed by atoms with Crippen molar-refractivity contribution in [3.63, 3.8) is 0 Å². The van der Waals surface area contributed by atoms with Gasteiger partial charge in [0.25, 0.3) is 5.91 Å². The molecule has 3 heterocycles. The highest BCUT2D eigenvalue weighted by molar-refractivity contribution is 5.98. The monoisotopic (exact) mass is 396 g/mol. The number of benzene rings is 2. The van der Waals surface area contributed by atoms with E-state index in [2.05, 4.69) is 0 Å². The van der Waals surface area contributed by atoms with Crippen LogP contribution in [0.5, 0.6) is 5.75 Å². The zero-order chi connectivity index (χ0) is 20.2. The van der Waals surface area contributed by atoms with Crippen LogP contribution in [0, 0.1) is 5.82 Å². The third-order valence-electron chi connectivity index (χ3n) is 6.31. The van der Waals surface area contributed by atoms with Crippen molar-refractivity contribution < 1.29 is 23.5 Å². The number of halogens is 1. The zero-order valence-corrected chi connectivity index (χ0v) is 16.0. The molecule has 2 aromatic carbocycles. The van der Waals surface area contributed by atoms with Crippen molar-refractivity contribution in [2.24, 2.45) is 0 Å². The largest absolute Gasteiger partial charge is 0.496 e. The number of amides is 2. The predicted molar refractivity (Wildman–Crippen MR) is 102 cm³/mol. The van der Waals surface area contributed by atoms with Gasteiger partial charge in [-0.05, 0) is 17.7 Å². The Morgan fingerprint density at radius 1 is 1.21 bits per heavy atom. The molecule has 2 aromatic rings. The van der Waals surface area contributed by atoms with Crippen molar-refractivity contribution >= 4 is 11.8 Å². The topological polar surface area (TPSA) is 59.1 Å². The van der Waals surface area contributed by atoms with E-state index in [0.29, 0.717) is 19.6 Å². The van der Waals surface area contributed by atoms with Crippen LogP contribution in [0.25, 0.3) is 0 Å². The molecule has 0 saturated carbocycles. The number of nitrogens with zero attached hydrogens (tertiary/aromatic N) is 2. The summed E-state index contributed by atoms with van der Waals surface area (Å²) < 4.78 is 25.9. The molecule has 29 heavy (non-hydrogen) atoms. The van der Waals surface area contributed by atoms with Gasteiger partial charge in [-0.2, -0.15) is 0 Å². The summed E-state index contributed by atoms with van der Waals surface area (Å²) in [6, 6.07) is 13.5. The first-order valence-electron chi connectivity index (χ1n) is 9.71. The number of carbonyl (C=O) groups excluding carboxylic acids is 2. The second-order valence-electron chi connectivity index (χ2n) is 7.63. The van der Waals surface area contributed by atoms with Gasteiger partial charge in [0, 0.05) is 13.0 Å². The summed E-state index contributed by atoms with van der Waals surface area (Å²) in [4.78, 5) is 29.6. The van der Waals surface area contributed by atoms with Crippen LogP contribution in [0.15, 0.2) is 48.5 Å². The Bertz CT molecular complexity index is 982. The lowest BCUT2D eigenvalue weighted by Crippen LogP contribution is -2.49. The van der Waals surface area contributed by atoms with Crippen LogP contribution in [-0.4, -0.2) is 53.6 Å². The third-order valence-corrected chi connectivity index (χ3v) is 6.31. The highest BCUT2D eigenvalue weighted by Gasteiger charge is 2.65. The molecule has 5 rings (SSSR count). The summed E-state index contributed by atoms with van der Waals surface area (Å²) in [5, 5.41) is 0. The molecule has 0 aliphatic carbocycles. The molecule has 3 saturated heterocycles. The van der Waals surface area contributed by atoms with Gasteiger partial charge in [-0.1, -0.05) is 36.4 Å². The van der Waals surface area contributed by atoms with E-state index >= 15 is 0 Å². The molecule has 150 valence electrons. The fourth-order valence-corrected chi connectivity index (χ4v) is 5.03. The zero-order valence-electron chi connectivity index (χ0n) is 16.0. The Balaban J connectivity index is 1.49. The van der Waals surface area contributed by atoms with Gasteiger partial charge in [0.05, 0.1) is 32.2 Å². The summed E-state index contributed by atoms with van der Waals surface area (Å²) in [7, 11) is 1.41. The lowest BCUT2D eigenvalue weighted by atomic mass is 10.0. The van der Waals surface area contributed by atoms with Crippen LogP contribution < -0.4 is 4.74 Å². The van der Waals surface area contributed by atoms with Crippen molar-refractivity contribution in [2.45, 2.75) is 30.7 Å². The number of ether oxygens (including phenoxy) is 2. The molecule has 0 bridgehead atoms. The van der Waals surface area contributed by atoms with E-state index in [1.54, 1.807) is 15.9 Å². The Labute approximate surface area is 167 Å². The normalized spacial score (nSPS) is 27.9. The molecule has 0 unspecified atom stereocenters. The molecule has 6 nitrogen and oxygen atoms in total. The number of hydrogen-bond donors (Lipinski definition) is 0. The SMILES string of the molecule is COc1cccc(F)c1C(=O)N1CC[C@@]23OC[C@@H](c4ccccc4)N2C(=O)C[C@@H]13. The highest BCUT2D eigenvalue weighted by Crippen LogP contribution is 2.52. The van der Waals surface area contributed by atoms with Gasteiger partial charge >= 0.3 is 0 Å². The first kappa shape index (κ1) is 18.1. The average molecular weight is 396 g/mol. The molecule has 0 radical (unpaired) electrons. The predicted octanol–water partition coefficient (Wildman–Crippen LogP) is 2.75. The molecular formula is C22H21FN2O4.